The number of carbonyl (C=O) groups is 1. The van der Waals surface area contributed by atoms with Gasteiger partial charge in [0.05, 0.1) is 21.6 Å². The molecule has 1 fully saturated rings. The van der Waals surface area contributed by atoms with Crippen LogP contribution in [0.1, 0.15) is 58.3 Å². The molecule has 1 saturated heterocycles. The maximum absolute atomic E-state index is 13.4. The summed E-state index contributed by atoms with van der Waals surface area (Å²) >= 11 is 0. The summed E-state index contributed by atoms with van der Waals surface area (Å²) in [5, 5.41) is 0. The van der Waals surface area contributed by atoms with Gasteiger partial charge in [-0.3, -0.25) is 4.31 Å². The molecule has 0 radical (unpaired) electrons. The molecule has 7 nitrogen and oxygen atoms in total. The molecule has 194 valence electrons. The summed E-state index contributed by atoms with van der Waals surface area (Å²) in [7, 11) is -2.17. The molecule has 0 N–H and O–H groups in total. The molecule has 0 unspecified atom stereocenters. The van der Waals surface area contributed by atoms with Gasteiger partial charge >= 0.3 is 0 Å². The van der Waals surface area contributed by atoms with Crippen molar-refractivity contribution in [2.75, 3.05) is 24.6 Å². The number of rotatable bonds is 8. The number of Topliss-reactive ketones (excluding diaryl/α,β-unsaturated/α-hetero) is 1. The van der Waals surface area contributed by atoms with Crippen LogP contribution in [0.15, 0.2) is 47.4 Å². The van der Waals surface area contributed by atoms with Gasteiger partial charge in [0.25, 0.3) is 10.0 Å². The predicted octanol–water partition coefficient (Wildman–Crippen LogP) is 5.11. The predicted molar refractivity (Wildman–Crippen MR) is 143 cm³/mol. The number of carbonyl (C=O) groups excluding carboxylic acids is 1. The Kier molecular flexibility index (Phi) is 7.57. The van der Waals surface area contributed by atoms with E-state index in [1.807, 2.05) is 18.2 Å². The maximum atomic E-state index is 13.4. The van der Waals surface area contributed by atoms with Crippen molar-refractivity contribution in [1.29, 1.82) is 0 Å². The normalized spacial score (nSPS) is 15.4. The number of aromatic nitrogens is 2. The van der Waals surface area contributed by atoms with Crippen molar-refractivity contribution in [3.05, 3.63) is 53.9 Å². The molecule has 0 saturated carbocycles. The highest BCUT2D eigenvalue weighted by atomic mass is 32.2. The van der Waals surface area contributed by atoms with Crippen molar-refractivity contribution in [3.63, 3.8) is 0 Å². The van der Waals surface area contributed by atoms with Crippen LogP contribution in [0.4, 0.5) is 5.69 Å². The molecule has 0 aliphatic carbocycles. The van der Waals surface area contributed by atoms with Gasteiger partial charge in [-0.2, -0.15) is 0 Å². The highest BCUT2D eigenvalue weighted by Crippen LogP contribution is 2.32. The molecule has 2 aromatic carbocycles. The molecule has 0 atom stereocenters. The van der Waals surface area contributed by atoms with E-state index in [1.165, 1.54) is 4.31 Å². The third kappa shape index (κ3) is 5.65. The molecule has 0 bridgehead atoms. The lowest BCUT2D eigenvalue weighted by atomic mass is 9.94. The standard InChI is InChI=1S/C28H37N3O4S/c1-20(32)6-7-21-8-11-24(12-9-21)36(33,34)30(5)23-10-13-26-25(18-23)29-27(28(2,3)4)31(26)19-22-14-16-35-17-15-22/h8-13,18,22H,6-7,14-17,19H2,1-5H3. The van der Waals surface area contributed by atoms with Crippen LogP contribution in [0.2, 0.25) is 0 Å². The van der Waals surface area contributed by atoms with E-state index >= 15 is 0 Å². The number of ether oxygens (including phenoxy) is 1. The van der Waals surface area contributed by atoms with Gasteiger partial charge in [-0.25, -0.2) is 13.4 Å². The fraction of sp³-hybridized carbons (Fsp3) is 0.500. The van der Waals surface area contributed by atoms with Gasteiger partial charge < -0.3 is 14.1 Å². The van der Waals surface area contributed by atoms with Crippen LogP contribution in [0.25, 0.3) is 11.0 Å². The first-order valence-electron chi connectivity index (χ1n) is 12.6. The molecule has 0 amide bonds. The Morgan fingerprint density at radius 3 is 2.39 bits per heavy atom. The van der Waals surface area contributed by atoms with Crippen LogP contribution in [-0.2, 0) is 37.9 Å². The van der Waals surface area contributed by atoms with Crippen LogP contribution in [0.3, 0.4) is 0 Å². The lowest BCUT2D eigenvalue weighted by Gasteiger charge is -2.26. The average molecular weight is 512 g/mol. The number of hydrogen-bond acceptors (Lipinski definition) is 5. The first-order valence-corrected chi connectivity index (χ1v) is 14.1. The monoisotopic (exact) mass is 511 g/mol. The van der Waals surface area contributed by atoms with E-state index in [-0.39, 0.29) is 16.1 Å². The third-order valence-corrected chi connectivity index (χ3v) is 8.70. The zero-order valence-electron chi connectivity index (χ0n) is 22.0. The van der Waals surface area contributed by atoms with Crippen LogP contribution >= 0.6 is 0 Å². The molecule has 1 aromatic heterocycles. The van der Waals surface area contributed by atoms with Gasteiger partial charge in [-0.15, -0.1) is 0 Å². The average Bonchev–Trinajstić information content (AvgIpc) is 3.21. The quantitative estimate of drug-likeness (QED) is 0.420. The van der Waals surface area contributed by atoms with E-state index in [2.05, 4.69) is 25.3 Å². The molecule has 2 heterocycles. The number of anilines is 1. The minimum absolute atomic E-state index is 0.117. The zero-order valence-corrected chi connectivity index (χ0v) is 22.8. The van der Waals surface area contributed by atoms with E-state index in [0.29, 0.717) is 24.4 Å². The van der Waals surface area contributed by atoms with Crippen LogP contribution in [0.5, 0.6) is 0 Å². The second-order valence-corrected chi connectivity index (χ2v) is 12.8. The lowest BCUT2D eigenvalue weighted by Crippen LogP contribution is -2.26. The van der Waals surface area contributed by atoms with Gasteiger partial charge in [0.1, 0.15) is 11.6 Å². The molecule has 36 heavy (non-hydrogen) atoms. The minimum Gasteiger partial charge on any atom is -0.381 e. The molecule has 4 rings (SSSR count). The van der Waals surface area contributed by atoms with E-state index in [9.17, 15) is 13.2 Å². The SMILES string of the molecule is CC(=O)CCc1ccc(S(=O)(=O)N(C)c2ccc3c(c2)nc(C(C)(C)C)n3CC2CCOCC2)cc1. The second kappa shape index (κ2) is 10.3. The van der Waals surface area contributed by atoms with Crippen molar-refractivity contribution in [3.8, 4) is 0 Å². The molecular weight excluding hydrogens is 474 g/mol. The van der Waals surface area contributed by atoms with Crippen LogP contribution < -0.4 is 4.31 Å². The summed E-state index contributed by atoms with van der Waals surface area (Å²) in [5.41, 5.74) is 3.19. The molecular formula is C28H37N3O4S. The van der Waals surface area contributed by atoms with Gasteiger partial charge in [0.15, 0.2) is 0 Å². The zero-order chi connectivity index (χ0) is 26.1. The molecule has 0 spiro atoms. The number of imidazole rings is 1. The Morgan fingerprint density at radius 2 is 1.78 bits per heavy atom. The van der Waals surface area contributed by atoms with Crippen molar-refractivity contribution < 1.29 is 17.9 Å². The third-order valence-electron chi connectivity index (χ3n) is 6.90. The van der Waals surface area contributed by atoms with Crippen molar-refractivity contribution in [2.24, 2.45) is 5.92 Å². The largest absolute Gasteiger partial charge is 0.381 e. The van der Waals surface area contributed by atoms with E-state index < -0.39 is 10.0 Å². The molecule has 8 heteroatoms. The second-order valence-electron chi connectivity index (χ2n) is 10.8. The van der Waals surface area contributed by atoms with E-state index in [1.54, 1.807) is 38.2 Å². The smallest absolute Gasteiger partial charge is 0.264 e. The summed E-state index contributed by atoms with van der Waals surface area (Å²) in [4.78, 5) is 16.4. The highest BCUT2D eigenvalue weighted by molar-refractivity contribution is 7.92. The first-order chi connectivity index (χ1) is 17.0. The van der Waals surface area contributed by atoms with Crippen molar-refractivity contribution in [1.82, 2.24) is 9.55 Å². The van der Waals surface area contributed by atoms with E-state index in [4.69, 9.17) is 9.72 Å². The number of sulfonamides is 1. The summed E-state index contributed by atoms with van der Waals surface area (Å²) in [6.45, 7) is 10.5. The summed E-state index contributed by atoms with van der Waals surface area (Å²) in [6, 6.07) is 12.5. The number of fused-ring (bicyclic) bond motifs is 1. The highest BCUT2D eigenvalue weighted by Gasteiger charge is 2.27. The van der Waals surface area contributed by atoms with E-state index in [0.717, 1.165) is 55.0 Å². The fourth-order valence-electron chi connectivity index (χ4n) is 4.70. The number of aryl methyl sites for hydroxylation is 1. The van der Waals surface area contributed by atoms with Crippen LogP contribution in [0, 0.1) is 5.92 Å². The number of benzene rings is 2. The van der Waals surface area contributed by atoms with Gasteiger partial charge in [-0.1, -0.05) is 32.9 Å². The summed E-state index contributed by atoms with van der Waals surface area (Å²) in [6.07, 6.45) is 3.13. The first kappa shape index (κ1) is 26.4. The minimum atomic E-state index is -3.75. The van der Waals surface area contributed by atoms with Crippen molar-refractivity contribution in [2.45, 2.75) is 70.2 Å². The fourth-order valence-corrected chi connectivity index (χ4v) is 5.89. The number of nitrogens with zero attached hydrogens (tertiary/aromatic N) is 3. The Bertz CT molecular complexity index is 1330. The Labute approximate surface area is 214 Å². The Hall–Kier alpha value is -2.71. The van der Waals surface area contributed by atoms with Crippen molar-refractivity contribution >= 4 is 32.5 Å². The Morgan fingerprint density at radius 1 is 1.11 bits per heavy atom. The van der Waals surface area contributed by atoms with Gasteiger partial charge in [0.2, 0.25) is 0 Å². The van der Waals surface area contributed by atoms with Crippen LogP contribution in [-0.4, -0.2) is 44.0 Å². The summed E-state index contributed by atoms with van der Waals surface area (Å²) in [5.74, 6) is 1.66. The molecule has 1 aliphatic rings. The number of ketones is 1. The molecule has 1 aliphatic heterocycles. The maximum Gasteiger partial charge on any atom is 0.264 e. The molecule has 3 aromatic rings. The summed E-state index contributed by atoms with van der Waals surface area (Å²) < 4.78 is 35.9. The lowest BCUT2D eigenvalue weighted by molar-refractivity contribution is -0.116. The Balaban J connectivity index is 1.63. The van der Waals surface area contributed by atoms with Gasteiger partial charge in [0, 0.05) is 38.6 Å². The van der Waals surface area contributed by atoms with Gasteiger partial charge in [-0.05, 0) is 68.0 Å². The number of hydrogen-bond donors (Lipinski definition) is 0. The topological polar surface area (TPSA) is 81.5 Å².